The molecule has 0 aromatic heterocycles. The molecule has 2 aliphatic rings. The summed E-state index contributed by atoms with van der Waals surface area (Å²) < 4.78 is 0. The fourth-order valence-corrected chi connectivity index (χ4v) is 3.27. The molecule has 1 saturated carbocycles. The number of carbonyl (C=O) groups is 2. The predicted molar refractivity (Wildman–Crippen MR) is 76.8 cm³/mol. The van der Waals surface area contributed by atoms with Crippen LogP contribution in [0.25, 0.3) is 0 Å². The molecule has 6 nitrogen and oxygen atoms in total. The molecular formula is C14H26N4O2. The second kappa shape index (κ2) is 6.54. The highest BCUT2D eigenvalue weighted by molar-refractivity contribution is 5.78. The van der Waals surface area contributed by atoms with Gasteiger partial charge in [0.05, 0.1) is 6.54 Å². The molecule has 0 radical (unpaired) electrons. The Kier molecular flexibility index (Phi) is 4.99. The zero-order valence-corrected chi connectivity index (χ0v) is 12.1. The van der Waals surface area contributed by atoms with Crippen LogP contribution in [0.4, 0.5) is 0 Å². The van der Waals surface area contributed by atoms with E-state index in [9.17, 15) is 9.59 Å². The van der Waals surface area contributed by atoms with Crippen LogP contribution in [-0.2, 0) is 9.59 Å². The Balaban J connectivity index is 1.83. The molecule has 6 heteroatoms. The molecule has 1 heterocycles. The van der Waals surface area contributed by atoms with Crippen LogP contribution in [0.2, 0.25) is 0 Å². The summed E-state index contributed by atoms with van der Waals surface area (Å²) in [5.41, 5.74) is 11.2. The standard InChI is InChI=1S/C14H26N4O2/c15-12(19)11-17-6-3-7-18(9-8-17)13(20)10-14(16)4-1-2-5-14/h1-11,16H2,(H2,15,19). The van der Waals surface area contributed by atoms with Gasteiger partial charge in [-0.1, -0.05) is 12.8 Å². The van der Waals surface area contributed by atoms with Crippen LogP contribution in [0.15, 0.2) is 0 Å². The minimum absolute atomic E-state index is 0.162. The molecule has 0 atom stereocenters. The number of amides is 2. The molecule has 4 N–H and O–H groups in total. The van der Waals surface area contributed by atoms with E-state index in [2.05, 4.69) is 0 Å². The van der Waals surface area contributed by atoms with E-state index in [-0.39, 0.29) is 23.9 Å². The van der Waals surface area contributed by atoms with Crippen LogP contribution in [0.1, 0.15) is 38.5 Å². The fourth-order valence-electron chi connectivity index (χ4n) is 3.27. The predicted octanol–water partition coefficient (Wildman–Crippen LogP) is -0.332. The molecule has 2 rings (SSSR count). The molecule has 114 valence electrons. The molecule has 2 fully saturated rings. The topological polar surface area (TPSA) is 92.7 Å². The summed E-state index contributed by atoms with van der Waals surface area (Å²) in [5, 5.41) is 0. The summed E-state index contributed by atoms with van der Waals surface area (Å²) in [5.74, 6) is -0.146. The Morgan fingerprint density at radius 2 is 1.70 bits per heavy atom. The molecule has 0 bridgehead atoms. The van der Waals surface area contributed by atoms with E-state index >= 15 is 0 Å². The third-order valence-corrected chi connectivity index (χ3v) is 4.42. The maximum atomic E-state index is 12.4. The van der Waals surface area contributed by atoms with E-state index in [1.54, 1.807) is 0 Å². The van der Waals surface area contributed by atoms with Gasteiger partial charge in [0.15, 0.2) is 0 Å². The summed E-state index contributed by atoms with van der Waals surface area (Å²) in [7, 11) is 0. The zero-order chi connectivity index (χ0) is 14.6. The molecule has 1 saturated heterocycles. The Hall–Kier alpha value is -1.14. The quantitative estimate of drug-likeness (QED) is 0.738. The lowest BCUT2D eigenvalue weighted by Gasteiger charge is -2.28. The van der Waals surface area contributed by atoms with Gasteiger partial charge in [0.25, 0.3) is 0 Å². The minimum atomic E-state index is -0.309. The first-order valence-electron chi connectivity index (χ1n) is 7.56. The van der Waals surface area contributed by atoms with Crippen LogP contribution in [0.3, 0.4) is 0 Å². The van der Waals surface area contributed by atoms with E-state index in [0.29, 0.717) is 19.5 Å². The van der Waals surface area contributed by atoms with Gasteiger partial charge in [0.1, 0.15) is 0 Å². The molecule has 0 spiro atoms. The van der Waals surface area contributed by atoms with Gasteiger partial charge in [-0.3, -0.25) is 14.5 Å². The molecular weight excluding hydrogens is 256 g/mol. The summed E-state index contributed by atoms with van der Waals surface area (Å²) in [6.45, 7) is 3.24. The lowest BCUT2D eigenvalue weighted by molar-refractivity contribution is -0.132. The van der Waals surface area contributed by atoms with E-state index in [4.69, 9.17) is 11.5 Å². The van der Waals surface area contributed by atoms with Gasteiger partial charge >= 0.3 is 0 Å². The first-order valence-corrected chi connectivity index (χ1v) is 7.56. The SMILES string of the molecule is NC(=O)CN1CCCN(C(=O)CC2(N)CCCC2)CC1. The van der Waals surface area contributed by atoms with E-state index in [0.717, 1.165) is 45.2 Å². The molecule has 1 aliphatic heterocycles. The highest BCUT2D eigenvalue weighted by Gasteiger charge is 2.33. The van der Waals surface area contributed by atoms with E-state index in [1.165, 1.54) is 0 Å². The first kappa shape index (κ1) is 15.3. The average molecular weight is 282 g/mol. The van der Waals surface area contributed by atoms with Gasteiger partial charge in [-0.25, -0.2) is 0 Å². The number of rotatable bonds is 4. The lowest BCUT2D eigenvalue weighted by Crippen LogP contribution is -2.44. The molecule has 20 heavy (non-hydrogen) atoms. The Morgan fingerprint density at radius 1 is 1.00 bits per heavy atom. The van der Waals surface area contributed by atoms with Gasteiger partial charge < -0.3 is 16.4 Å². The van der Waals surface area contributed by atoms with Gasteiger partial charge in [0.2, 0.25) is 11.8 Å². The molecule has 0 unspecified atom stereocenters. The second-order valence-corrected chi connectivity index (χ2v) is 6.22. The van der Waals surface area contributed by atoms with Crippen molar-refractivity contribution in [1.82, 2.24) is 9.80 Å². The summed E-state index contributed by atoms with van der Waals surface area (Å²) in [4.78, 5) is 27.2. The van der Waals surface area contributed by atoms with Gasteiger partial charge in [-0.2, -0.15) is 0 Å². The number of hydrogen-bond acceptors (Lipinski definition) is 4. The highest BCUT2D eigenvalue weighted by Crippen LogP contribution is 2.30. The van der Waals surface area contributed by atoms with Gasteiger partial charge in [0, 0.05) is 38.1 Å². The van der Waals surface area contributed by atoms with Gasteiger partial charge in [-0.05, 0) is 19.3 Å². The highest BCUT2D eigenvalue weighted by atomic mass is 16.2. The molecule has 2 amide bonds. The van der Waals surface area contributed by atoms with Crippen molar-refractivity contribution in [2.75, 3.05) is 32.7 Å². The van der Waals surface area contributed by atoms with Gasteiger partial charge in [-0.15, -0.1) is 0 Å². The summed E-state index contributed by atoms with van der Waals surface area (Å²) >= 11 is 0. The number of nitrogens with zero attached hydrogens (tertiary/aromatic N) is 2. The van der Waals surface area contributed by atoms with Crippen LogP contribution < -0.4 is 11.5 Å². The Labute approximate surface area is 120 Å². The maximum Gasteiger partial charge on any atom is 0.231 e. The molecule has 0 aromatic rings. The number of nitrogens with two attached hydrogens (primary N) is 2. The third kappa shape index (κ3) is 4.18. The molecule has 1 aliphatic carbocycles. The largest absolute Gasteiger partial charge is 0.369 e. The summed E-state index contributed by atoms with van der Waals surface area (Å²) in [6.07, 6.45) is 5.53. The van der Waals surface area contributed by atoms with E-state index in [1.807, 2.05) is 9.80 Å². The monoisotopic (exact) mass is 282 g/mol. The normalized spacial score (nSPS) is 23.6. The fraction of sp³-hybridized carbons (Fsp3) is 0.857. The Morgan fingerprint density at radius 3 is 2.35 bits per heavy atom. The van der Waals surface area contributed by atoms with Crippen molar-refractivity contribution in [3.05, 3.63) is 0 Å². The van der Waals surface area contributed by atoms with Crippen LogP contribution in [-0.4, -0.2) is 59.9 Å². The summed E-state index contributed by atoms with van der Waals surface area (Å²) in [6, 6.07) is 0. The smallest absolute Gasteiger partial charge is 0.231 e. The maximum absolute atomic E-state index is 12.4. The van der Waals surface area contributed by atoms with E-state index < -0.39 is 0 Å². The average Bonchev–Trinajstić information content (AvgIpc) is 2.65. The van der Waals surface area contributed by atoms with Crippen molar-refractivity contribution in [2.45, 2.75) is 44.1 Å². The first-order chi connectivity index (χ1) is 9.48. The zero-order valence-electron chi connectivity index (χ0n) is 12.1. The second-order valence-electron chi connectivity index (χ2n) is 6.22. The number of carbonyl (C=O) groups excluding carboxylic acids is 2. The van der Waals surface area contributed by atoms with Crippen molar-refractivity contribution in [2.24, 2.45) is 11.5 Å². The van der Waals surface area contributed by atoms with Crippen molar-refractivity contribution >= 4 is 11.8 Å². The van der Waals surface area contributed by atoms with Crippen molar-refractivity contribution in [1.29, 1.82) is 0 Å². The van der Waals surface area contributed by atoms with Crippen LogP contribution in [0, 0.1) is 0 Å². The van der Waals surface area contributed by atoms with Crippen LogP contribution in [0.5, 0.6) is 0 Å². The van der Waals surface area contributed by atoms with Crippen LogP contribution >= 0.6 is 0 Å². The third-order valence-electron chi connectivity index (χ3n) is 4.42. The number of primary amides is 1. The Bertz CT molecular complexity index is 366. The van der Waals surface area contributed by atoms with Crippen molar-refractivity contribution in [3.63, 3.8) is 0 Å². The van der Waals surface area contributed by atoms with Crippen molar-refractivity contribution < 1.29 is 9.59 Å². The van der Waals surface area contributed by atoms with Crippen molar-refractivity contribution in [3.8, 4) is 0 Å². The number of hydrogen-bond donors (Lipinski definition) is 2. The molecule has 0 aromatic carbocycles. The minimum Gasteiger partial charge on any atom is -0.369 e. The lowest BCUT2D eigenvalue weighted by atomic mass is 9.94.